The maximum absolute atomic E-state index is 12.9. The summed E-state index contributed by atoms with van der Waals surface area (Å²) in [4.78, 5) is 8.03. The van der Waals surface area contributed by atoms with E-state index >= 15 is 0 Å². The van der Waals surface area contributed by atoms with E-state index in [-0.39, 0.29) is 5.69 Å². The van der Waals surface area contributed by atoms with Gasteiger partial charge >= 0.3 is 6.18 Å². The van der Waals surface area contributed by atoms with Gasteiger partial charge in [0.15, 0.2) is 0 Å². The fourth-order valence-corrected chi connectivity index (χ4v) is 2.16. The molecule has 3 rings (SSSR count). The van der Waals surface area contributed by atoms with Crippen molar-refractivity contribution in [2.75, 3.05) is 0 Å². The summed E-state index contributed by atoms with van der Waals surface area (Å²) in [5.74, 6) is 0. The fourth-order valence-electron chi connectivity index (χ4n) is 2.16. The van der Waals surface area contributed by atoms with Gasteiger partial charge in [0.05, 0.1) is 11.4 Å². The van der Waals surface area contributed by atoms with E-state index in [1.165, 1.54) is 6.07 Å². The summed E-state index contributed by atoms with van der Waals surface area (Å²) in [6.45, 7) is 0. The van der Waals surface area contributed by atoms with Crippen LogP contribution in [0, 0.1) is 0 Å². The summed E-state index contributed by atoms with van der Waals surface area (Å²) >= 11 is 0. The van der Waals surface area contributed by atoms with Gasteiger partial charge in [0, 0.05) is 17.3 Å². The average Bonchev–Trinajstić information content (AvgIpc) is 2.55. The number of hydrogen-bond acceptors (Lipinski definition) is 2. The van der Waals surface area contributed by atoms with E-state index < -0.39 is 11.9 Å². The lowest BCUT2D eigenvalue weighted by molar-refractivity contribution is -0.141. The summed E-state index contributed by atoms with van der Waals surface area (Å²) < 4.78 is 38.8. The van der Waals surface area contributed by atoms with Crippen LogP contribution in [0.3, 0.4) is 0 Å². The van der Waals surface area contributed by atoms with Crippen LogP contribution in [0.2, 0.25) is 0 Å². The normalized spacial score (nSPS) is 11.4. The first-order valence-corrected chi connectivity index (χ1v) is 6.61. The summed E-state index contributed by atoms with van der Waals surface area (Å²) in [6.07, 6.45) is -2.88. The fraction of sp³-hybridized carbons (Fsp3) is 0.0588. The van der Waals surface area contributed by atoms with Crippen LogP contribution >= 0.6 is 0 Å². The van der Waals surface area contributed by atoms with E-state index in [2.05, 4.69) is 9.97 Å². The van der Waals surface area contributed by atoms with Gasteiger partial charge in [-0.3, -0.25) is 4.98 Å². The molecule has 110 valence electrons. The SMILES string of the molecule is FC(F)(F)c1ccc(-c2ccccn2)c(-c2ccccc2)n1. The van der Waals surface area contributed by atoms with Crippen LogP contribution in [-0.4, -0.2) is 9.97 Å². The highest BCUT2D eigenvalue weighted by Crippen LogP contribution is 2.34. The van der Waals surface area contributed by atoms with E-state index in [0.717, 1.165) is 6.07 Å². The Kier molecular flexibility index (Phi) is 3.63. The van der Waals surface area contributed by atoms with Crippen molar-refractivity contribution in [3.05, 3.63) is 72.6 Å². The first-order valence-electron chi connectivity index (χ1n) is 6.61. The number of benzene rings is 1. The monoisotopic (exact) mass is 300 g/mol. The molecule has 22 heavy (non-hydrogen) atoms. The van der Waals surface area contributed by atoms with Crippen molar-refractivity contribution >= 4 is 0 Å². The third-order valence-corrected chi connectivity index (χ3v) is 3.17. The van der Waals surface area contributed by atoms with Crippen LogP contribution in [0.25, 0.3) is 22.5 Å². The third kappa shape index (κ3) is 2.83. The highest BCUT2D eigenvalue weighted by Gasteiger charge is 2.33. The molecule has 2 heterocycles. The minimum absolute atomic E-state index is 0.272. The van der Waals surface area contributed by atoms with Crippen LogP contribution in [0.5, 0.6) is 0 Å². The van der Waals surface area contributed by atoms with Crippen molar-refractivity contribution in [2.24, 2.45) is 0 Å². The molecule has 1 aromatic carbocycles. The molecule has 0 saturated heterocycles. The number of halogens is 3. The molecule has 0 aliphatic carbocycles. The molecule has 0 bridgehead atoms. The Labute approximate surface area is 125 Å². The molecule has 0 aliphatic heterocycles. The zero-order valence-electron chi connectivity index (χ0n) is 11.4. The van der Waals surface area contributed by atoms with Gasteiger partial charge in [-0.25, -0.2) is 4.98 Å². The molecule has 2 aromatic heterocycles. The number of pyridine rings is 2. The predicted octanol–water partition coefficient (Wildman–Crippen LogP) is 4.83. The van der Waals surface area contributed by atoms with Gasteiger partial charge in [-0.05, 0) is 24.3 Å². The minimum Gasteiger partial charge on any atom is -0.256 e. The van der Waals surface area contributed by atoms with Crippen molar-refractivity contribution in [1.82, 2.24) is 9.97 Å². The molecule has 0 atom stereocenters. The number of alkyl halides is 3. The summed E-state index contributed by atoms with van der Waals surface area (Å²) in [5, 5.41) is 0. The van der Waals surface area contributed by atoms with Crippen molar-refractivity contribution in [3.8, 4) is 22.5 Å². The van der Waals surface area contributed by atoms with Gasteiger partial charge in [-0.2, -0.15) is 13.2 Å². The van der Waals surface area contributed by atoms with Gasteiger partial charge in [0.1, 0.15) is 5.69 Å². The standard InChI is InChI=1S/C17H11F3N2/c18-17(19,20)15-10-9-13(14-8-4-5-11-21-14)16(22-15)12-6-2-1-3-7-12/h1-11H. The maximum Gasteiger partial charge on any atom is 0.433 e. The third-order valence-electron chi connectivity index (χ3n) is 3.17. The second-order valence-corrected chi connectivity index (χ2v) is 4.67. The Morgan fingerprint density at radius 2 is 1.50 bits per heavy atom. The smallest absolute Gasteiger partial charge is 0.256 e. The van der Waals surface area contributed by atoms with Gasteiger partial charge in [-0.1, -0.05) is 36.4 Å². The van der Waals surface area contributed by atoms with Crippen molar-refractivity contribution in [1.29, 1.82) is 0 Å². The molecule has 0 fully saturated rings. The van der Waals surface area contributed by atoms with Crippen molar-refractivity contribution < 1.29 is 13.2 Å². The average molecular weight is 300 g/mol. The van der Waals surface area contributed by atoms with Crippen molar-refractivity contribution in [2.45, 2.75) is 6.18 Å². The molecular formula is C17H11F3N2. The van der Waals surface area contributed by atoms with Gasteiger partial charge in [-0.15, -0.1) is 0 Å². The predicted molar refractivity (Wildman–Crippen MR) is 77.9 cm³/mol. The summed E-state index contributed by atoms with van der Waals surface area (Å²) in [6, 6.07) is 16.5. The Morgan fingerprint density at radius 3 is 2.14 bits per heavy atom. The lowest BCUT2D eigenvalue weighted by Crippen LogP contribution is -2.09. The second kappa shape index (κ2) is 5.60. The number of hydrogen-bond donors (Lipinski definition) is 0. The Hall–Kier alpha value is -2.69. The second-order valence-electron chi connectivity index (χ2n) is 4.67. The molecule has 0 unspecified atom stereocenters. The molecule has 2 nitrogen and oxygen atoms in total. The topological polar surface area (TPSA) is 25.8 Å². The summed E-state index contributed by atoms with van der Waals surface area (Å²) in [7, 11) is 0. The van der Waals surface area contributed by atoms with E-state index in [9.17, 15) is 13.2 Å². The maximum atomic E-state index is 12.9. The molecule has 0 amide bonds. The molecule has 5 heteroatoms. The van der Waals surface area contributed by atoms with Gasteiger partial charge < -0.3 is 0 Å². The molecule has 0 N–H and O–H groups in total. The summed E-state index contributed by atoms with van der Waals surface area (Å²) in [5.41, 5.74) is 1.14. The Bertz CT molecular complexity index is 769. The molecule has 0 spiro atoms. The molecule has 0 radical (unpaired) electrons. The number of nitrogens with zero attached hydrogens (tertiary/aromatic N) is 2. The Morgan fingerprint density at radius 1 is 0.773 bits per heavy atom. The lowest BCUT2D eigenvalue weighted by Gasteiger charge is -2.12. The lowest BCUT2D eigenvalue weighted by atomic mass is 10.0. The molecule has 0 saturated carbocycles. The van der Waals surface area contributed by atoms with Crippen LogP contribution in [0.15, 0.2) is 66.9 Å². The number of aromatic nitrogens is 2. The number of rotatable bonds is 2. The largest absolute Gasteiger partial charge is 0.433 e. The van der Waals surface area contributed by atoms with E-state index in [4.69, 9.17) is 0 Å². The Balaban J connectivity index is 2.23. The van der Waals surface area contributed by atoms with Crippen LogP contribution < -0.4 is 0 Å². The first kappa shape index (κ1) is 14.3. The zero-order chi connectivity index (χ0) is 15.6. The highest BCUT2D eigenvalue weighted by molar-refractivity contribution is 5.79. The zero-order valence-corrected chi connectivity index (χ0v) is 11.4. The van der Waals surface area contributed by atoms with Gasteiger partial charge in [0.2, 0.25) is 0 Å². The van der Waals surface area contributed by atoms with E-state index in [1.54, 1.807) is 54.7 Å². The quantitative estimate of drug-likeness (QED) is 0.677. The highest BCUT2D eigenvalue weighted by atomic mass is 19.4. The van der Waals surface area contributed by atoms with Crippen LogP contribution in [0.1, 0.15) is 5.69 Å². The van der Waals surface area contributed by atoms with E-state index in [0.29, 0.717) is 16.8 Å². The van der Waals surface area contributed by atoms with Crippen molar-refractivity contribution in [3.63, 3.8) is 0 Å². The van der Waals surface area contributed by atoms with Crippen LogP contribution in [-0.2, 0) is 6.18 Å². The van der Waals surface area contributed by atoms with Crippen LogP contribution in [0.4, 0.5) is 13.2 Å². The molecule has 0 aliphatic rings. The molecule has 3 aromatic rings. The first-order chi connectivity index (χ1) is 10.6. The van der Waals surface area contributed by atoms with Gasteiger partial charge in [0.25, 0.3) is 0 Å². The van der Waals surface area contributed by atoms with E-state index in [1.807, 2.05) is 0 Å². The molecular weight excluding hydrogens is 289 g/mol. The minimum atomic E-state index is -4.48.